The SMILES string of the molecule is CC(C)[C@H](NC(=O)C(F)(F)F)C(=O)Nc1cccc(CCC(=O)O)c1. The molecule has 3 N–H and O–H groups in total. The highest BCUT2D eigenvalue weighted by Gasteiger charge is 2.41. The molecule has 0 aliphatic heterocycles. The van der Waals surface area contributed by atoms with Crippen LogP contribution in [-0.2, 0) is 20.8 Å². The Balaban J connectivity index is 2.82. The number of anilines is 1. The van der Waals surface area contributed by atoms with Gasteiger partial charge in [0.15, 0.2) is 0 Å². The first-order valence-corrected chi connectivity index (χ1v) is 7.50. The van der Waals surface area contributed by atoms with E-state index in [0.717, 1.165) is 0 Å². The summed E-state index contributed by atoms with van der Waals surface area (Å²) in [7, 11) is 0. The van der Waals surface area contributed by atoms with Crippen LogP contribution in [-0.4, -0.2) is 35.1 Å². The zero-order valence-corrected chi connectivity index (χ0v) is 13.7. The summed E-state index contributed by atoms with van der Waals surface area (Å²) in [4.78, 5) is 33.9. The van der Waals surface area contributed by atoms with Crippen molar-refractivity contribution in [3.8, 4) is 0 Å². The minimum Gasteiger partial charge on any atom is -0.481 e. The number of hydrogen-bond donors (Lipinski definition) is 3. The number of aliphatic carboxylic acids is 1. The van der Waals surface area contributed by atoms with E-state index in [2.05, 4.69) is 5.32 Å². The third kappa shape index (κ3) is 6.82. The van der Waals surface area contributed by atoms with Crippen molar-refractivity contribution in [1.82, 2.24) is 5.32 Å². The van der Waals surface area contributed by atoms with Gasteiger partial charge in [0, 0.05) is 12.1 Å². The Hall–Kier alpha value is -2.58. The molecule has 0 saturated carbocycles. The number of benzene rings is 1. The van der Waals surface area contributed by atoms with Crippen LogP contribution in [0.25, 0.3) is 0 Å². The number of rotatable bonds is 7. The molecule has 0 saturated heterocycles. The molecule has 1 rings (SSSR count). The standard InChI is InChI=1S/C16H19F3N2O4/c1-9(2)13(21-15(25)16(17,18)19)14(24)20-11-5-3-4-10(8-11)6-7-12(22)23/h3-5,8-9,13H,6-7H2,1-2H3,(H,20,24)(H,21,25)(H,22,23)/t13-/m0/s1. The second-order valence-corrected chi connectivity index (χ2v) is 5.78. The van der Waals surface area contributed by atoms with E-state index in [9.17, 15) is 27.6 Å². The summed E-state index contributed by atoms with van der Waals surface area (Å²) >= 11 is 0. The van der Waals surface area contributed by atoms with Gasteiger partial charge in [-0.3, -0.25) is 14.4 Å². The summed E-state index contributed by atoms with van der Waals surface area (Å²) < 4.78 is 37.1. The smallest absolute Gasteiger partial charge is 0.471 e. The molecule has 0 heterocycles. The van der Waals surface area contributed by atoms with Crippen LogP contribution >= 0.6 is 0 Å². The Morgan fingerprint density at radius 2 is 1.84 bits per heavy atom. The van der Waals surface area contributed by atoms with Gasteiger partial charge in [0.25, 0.3) is 0 Å². The van der Waals surface area contributed by atoms with Crippen molar-refractivity contribution in [2.24, 2.45) is 5.92 Å². The largest absolute Gasteiger partial charge is 0.481 e. The second kappa shape index (κ2) is 8.50. The van der Waals surface area contributed by atoms with Gasteiger partial charge in [-0.15, -0.1) is 0 Å². The molecule has 1 aromatic carbocycles. The quantitative estimate of drug-likeness (QED) is 0.695. The van der Waals surface area contributed by atoms with Crippen LogP contribution in [0, 0.1) is 5.92 Å². The molecule has 1 aromatic rings. The molecule has 6 nitrogen and oxygen atoms in total. The van der Waals surface area contributed by atoms with Crippen LogP contribution in [0.3, 0.4) is 0 Å². The molecule has 0 spiro atoms. The van der Waals surface area contributed by atoms with Gasteiger partial charge in [-0.25, -0.2) is 0 Å². The van der Waals surface area contributed by atoms with E-state index in [0.29, 0.717) is 11.3 Å². The van der Waals surface area contributed by atoms with Crippen LogP contribution in [0.2, 0.25) is 0 Å². The van der Waals surface area contributed by atoms with Crippen LogP contribution in [0.4, 0.5) is 18.9 Å². The number of carboxylic acids is 1. The molecular formula is C16H19F3N2O4. The van der Waals surface area contributed by atoms with E-state index < -0.39 is 35.9 Å². The molecule has 0 aromatic heterocycles. The summed E-state index contributed by atoms with van der Waals surface area (Å²) in [6.45, 7) is 3.01. The highest BCUT2D eigenvalue weighted by molar-refractivity contribution is 5.98. The maximum Gasteiger partial charge on any atom is 0.471 e. The average molecular weight is 360 g/mol. The van der Waals surface area contributed by atoms with Gasteiger partial charge in [0.2, 0.25) is 5.91 Å². The molecule has 138 valence electrons. The van der Waals surface area contributed by atoms with Crippen molar-refractivity contribution in [3.63, 3.8) is 0 Å². The van der Waals surface area contributed by atoms with Gasteiger partial charge >= 0.3 is 18.1 Å². The van der Waals surface area contributed by atoms with E-state index in [-0.39, 0.29) is 12.8 Å². The van der Waals surface area contributed by atoms with Crippen molar-refractivity contribution in [1.29, 1.82) is 0 Å². The summed E-state index contributed by atoms with van der Waals surface area (Å²) in [6, 6.07) is 4.95. The minimum atomic E-state index is -5.08. The average Bonchev–Trinajstić information content (AvgIpc) is 2.49. The molecule has 25 heavy (non-hydrogen) atoms. The number of carbonyl (C=O) groups is 3. The summed E-state index contributed by atoms with van der Waals surface area (Å²) in [5, 5.41) is 12.8. The third-order valence-electron chi connectivity index (χ3n) is 3.32. The fourth-order valence-electron chi connectivity index (χ4n) is 2.03. The first-order chi connectivity index (χ1) is 11.5. The van der Waals surface area contributed by atoms with Gasteiger partial charge in [-0.1, -0.05) is 26.0 Å². The molecule has 0 bridgehead atoms. The Labute approximate surface area is 142 Å². The van der Waals surface area contributed by atoms with Crippen molar-refractivity contribution in [2.45, 2.75) is 38.9 Å². The van der Waals surface area contributed by atoms with E-state index in [1.54, 1.807) is 17.4 Å². The maximum atomic E-state index is 12.4. The summed E-state index contributed by atoms with van der Waals surface area (Å²) in [6.07, 6.45) is -4.92. The minimum absolute atomic E-state index is 0.0896. The van der Waals surface area contributed by atoms with E-state index >= 15 is 0 Å². The highest BCUT2D eigenvalue weighted by Crippen LogP contribution is 2.17. The second-order valence-electron chi connectivity index (χ2n) is 5.78. The lowest BCUT2D eigenvalue weighted by Crippen LogP contribution is -2.51. The first kappa shape index (κ1) is 20.5. The van der Waals surface area contributed by atoms with Crippen LogP contribution in [0.1, 0.15) is 25.8 Å². The normalized spacial score (nSPS) is 12.6. The number of carbonyl (C=O) groups excluding carboxylic acids is 2. The Morgan fingerprint density at radius 3 is 2.36 bits per heavy atom. The number of halogens is 3. The Bertz CT molecular complexity index is 645. The molecule has 0 radical (unpaired) electrons. The topological polar surface area (TPSA) is 95.5 Å². The van der Waals surface area contributed by atoms with Crippen molar-refractivity contribution in [2.75, 3.05) is 5.32 Å². The highest BCUT2D eigenvalue weighted by atomic mass is 19.4. The molecule has 0 aliphatic carbocycles. The fourth-order valence-corrected chi connectivity index (χ4v) is 2.03. The maximum absolute atomic E-state index is 12.4. The molecule has 0 fully saturated rings. The van der Waals surface area contributed by atoms with Crippen LogP contribution in [0.15, 0.2) is 24.3 Å². The van der Waals surface area contributed by atoms with Gasteiger partial charge in [0.05, 0.1) is 0 Å². The van der Waals surface area contributed by atoms with Crippen LogP contribution < -0.4 is 10.6 Å². The van der Waals surface area contributed by atoms with Gasteiger partial charge in [0.1, 0.15) is 6.04 Å². The monoisotopic (exact) mass is 360 g/mol. The number of carboxylic acid groups (broad SMARTS) is 1. The molecule has 1 atom stereocenters. The fraction of sp³-hybridized carbons (Fsp3) is 0.438. The number of alkyl halides is 3. The molecular weight excluding hydrogens is 341 g/mol. The predicted molar refractivity (Wildman–Crippen MR) is 83.9 cm³/mol. The van der Waals surface area contributed by atoms with Crippen LogP contribution in [0.5, 0.6) is 0 Å². The van der Waals surface area contributed by atoms with Gasteiger partial charge < -0.3 is 15.7 Å². The Kier molecular flexibility index (Phi) is 6.96. The summed E-state index contributed by atoms with van der Waals surface area (Å²) in [5.41, 5.74) is 0.959. The molecule has 0 aliphatic rings. The van der Waals surface area contributed by atoms with Crippen molar-refractivity contribution in [3.05, 3.63) is 29.8 Å². The molecule has 9 heteroatoms. The zero-order chi connectivity index (χ0) is 19.2. The van der Waals surface area contributed by atoms with E-state index in [1.807, 2.05) is 0 Å². The molecule has 2 amide bonds. The first-order valence-electron chi connectivity index (χ1n) is 7.50. The third-order valence-corrected chi connectivity index (χ3v) is 3.32. The van der Waals surface area contributed by atoms with E-state index in [1.165, 1.54) is 26.0 Å². The predicted octanol–water partition coefficient (Wildman–Crippen LogP) is 2.35. The number of hydrogen-bond acceptors (Lipinski definition) is 3. The zero-order valence-electron chi connectivity index (χ0n) is 13.7. The van der Waals surface area contributed by atoms with E-state index in [4.69, 9.17) is 5.11 Å². The van der Waals surface area contributed by atoms with Gasteiger partial charge in [-0.05, 0) is 30.0 Å². The van der Waals surface area contributed by atoms with Gasteiger partial charge in [-0.2, -0.15) is 13.2 Å². The number of aryl methyl sites for hydroxylation is 1. The number of nitrogens with one attached hydrogen (secondary N) is 2. The lowest BCUT2D eigenvalue weighted by atomic mass is 10.0. The molecule has 0 unspecified atom stereocenters. The Morgan fingerprint density at radius 1 is 1.20 bits per heavy atom. The summed E-state index contributed by atoms with van der Waals surface area (Å²) in [5.74, 6) is -4.51. The lowest BCUT2D eigenvalue weighted by Gasteiger charge is -2.22. The lowest BCUT2D eigenvalue weighted by molar-refractivity contribution is -0.175. The van der Waals surface area contributed by atoms with Crippen molar-refractivity contribution >= 4 is 23.5 Å². The van der Waals surface area contributed by atoms with Crippen molar-refractivity contribution < 1.29 is 32.7 Å². The number of amides is 2.